The minimum Gasteiger partial charge on any atom is -0.496 e. The first kappa shape index (κ1) is 17.7. The van der Waals surface area contributed by atoms with Gasteiger partial charge < -0.3 is 4.74 Å². The maximum Gasteiger partial charge on any atom is 0.261 e. The highest BCUT2D eigenvalue weighted by Crippen LogP contribution is 2.20. The Hall–Kier alpha value is -3.66. The zero-order valence-electron chi connectivity index (χ0n) is 15.6. The van der Waals surface area contributed by atoms with Crippen molar-refractivity contribution in [1.82, 2.24) is 9.55 Å². The highest BCUT2D eigenvalue weighted by molar-refractivity contribution is 5.79. The summed E-state index contributed by atoms with van der Waals surface area (Å²) >= 11 is 0. The van der Waals surface area contributed by atoms with E-state index in [1.54, 1.807) is 11.7 Å². The number of aromatic nitrogens is 2. The number of hydrogen-bond acceptors (Lipinski definition) is 3. The first-order valence-electron chi connectivity index (χ1n) is 9.11. The molecule has 4 aromatic rings. The summed E-state index contributed by atoms with van der Waals surface area (Å²) in [6, 6.07) is 25.1. The van der Waals surface area contributed by atoms with Crippen LogP contribution in [0.2, 0.25) is 0 Å². The molecular weight excluding hydrogens is 348 g/mol. The predicted octanol–water partition coefficient (Wildman–Crippen LogP) is 4.62. The maximum absolute atomic E-state index is 13.2. The molecule has 0 N–H and O–H groups in total. The van der Waals surface area contributed by atoms with Crippen molar-refractivity contribution in [2.45, 2.75) is 6.54 Å². The van der Waals surface area contributed by atoms with Gasteiger partial charge in [0.1, 0.15) is 11.6 Å². The SMILES string of the molecule is COc1ccccc1/C=C/c1nc2ccccc2c(=O)n1Cc1ccccc1. The number of hydrogen-bond donors (Lipinski definition) is 0. The fourth-order valence-electron chi connectivity index (χ4n) is 3.20. The van der Waals surface area contributed by atoms with Crippen LogP contribution in [0.15, 0.2) is 83.7 Å². The Morgan fingerprint density at radius 2 is 1.61 bits per heavy atom. The molecule has 0 unspecified atom stereocenters. The Balaban J connectivity index is 1.85. The molecule has 0 aliphatic carbocycles. The molecule has 0 radical (unpaired) electrons. The number of methoxy groups -OCH3 is 1. The van der Waals surface area contributed by atoms with Gasteiger partial charge >= 0.3 is 0 Å². The molecule has 4 rings (SSSR count). The van der Waals surface area contributed by atoms with Gasteiger partial charge in [-0.3, -0.25) is 9.36 Å². The zero-order valence-corrected chi connectivity index (χ0v) is 15.6. The van der Waals surface area contributed by atoms with E-state index >= 15 is 0 Å². The summed E-state index contributed by atoms with van der Waals surface area (Å²) in [5.41, 5.74) is 2.62. The summed E-state index contributed by atoms with van der Waals surface area (Å²) in [4.78, 5) is 17.9. The van der Waals surface area contributed by atoms with Crippen molar-refractivity contribution in [3.63, 3.8) is 0 Å². The minimum absolute atomic E-state index is 0.0471. The number of benzene rings is 3. The first-order valence-corrected chi connectivity index (χ1v) is 9.11. The van der Waals surface area contributed by atoms with E-state index in [1.807, 2.05) is 91.0 Å². The molecule has 4 nitrogen and oxygen atoms in total. The van der Waals surface area contributed by atoms with E-state index in [4.69, 9.17) is 9.72 Å². The van der Waals surface area contributed by atoms with E-state index in [0.717, 1.165) is 16.9 Å². The lowest BCUT2D eigenvalue weighted by Crippen LogP contribution is -2.24. The fraction of sp³-hybridized carbons (Fsp3) is 0.0833. The molecule has 3 aromatic carbocycles. The van der Waals surface area contributed by atoms with Crippen LogP contribution < -0.4 is 10.3 Å². The van der Waals surface area contributed by atoms with Crippen molar-refractivity contribution < 1.29 is 4.74 Å². The molecule has 138 valence electrons. The second-order valence-electron chi connectivity index (χ2n) is 6.44. The topological polar surface area (TPSA) is 44.1 Å². The molecule has 0 aliphatic rings. The Morgan fingerprint density at radius 1 is 0.893 bits per heavy atom. The molecular formula is C24H20N2O2. The van der Waals surface area contributed by atoms with Gasteiger partial charge in [0.25, 0.3) is 5.56 Å². The van der Waals surface area contributed by atoms with Crippen LogP contribution in [0.25, 0.3) is 23.1 Å². The average molecular weight is 368 g/mol. The van der Waals surface area contributed by atoms with Gasteiger partial charge in [-0.2, -0.15) is 0 Å². The fourth-order valence-corrected chi connectivity index (χ4v) is 3.20. The molecule has 0 aliphatic heterocycles. The lowest BCUT2D eigenvalue weighted by atomic mass is 10.1. The van der Waals surface area contributed by atoms with Gasteiger partial charge in [0.15, 0.2) is 0 Å². The van der Waals surface area contributed by atoms with Gasteiger partial charge in [0.2, 0.25) is 0 Å². The highest BCUT2D eigenvalue weighted by atomic mass is 16.5. The number of rotatable bonds is 5. The lowest BCUT2D eigenvalue weighted by Gasteiger charge is -2.12. The average Bonchev–Trinajstić information content (AvgIpc) is 2.75. The van der Waals surface area contributed by atoms with E-state index in [-0.39, 0.29) is 5.56 Å². The molecule has 28 heavy (non-hydrogen) atoms. The van der Waals surface area contributed by atoms with Gasteiger partial charge in [0, 0.05) is 5.56 Å². The molecule has 0 spiro atoms. The summed E-state index contributed by atoms with van der Waals surface area (Å²) in [5.74, 6) is 1.38. The summed E-state index contributed by atoms with van der Waals surface area (Å²) < 4.78 is 7.13. The van der Waals surface area contributed by atoms with E-state index in [2.05, 4.69) is 0 Å². The summed E-state index contributed by atoms with van der Waals surface area (Å²) in [6.07, 6.45) is 3.80. The van der Waals surface area contributed by atoms with Crippen molar-refractivity contribution in [3.8, 4) is 5.75 Å². The zero-order chi connectivity index (χ0) is 19.3. The van der Waals surface area contributed by atoms with Gasteiger partial charge in [-0.1, -0.05) is 60.7 Å². The van der Waals surface area contributed by atoms with Crippen LogP contribution in [0.3, 0.4) is 0 Å². The Bertz CT molecular complexity index is 1190. The van der Waals surface area contributed by atoms with Gasteiger partial charge in [-0.25, -0.2) is 4.98 Å². The summed E-state index contributed by atoms with van der Waals surface area (Å²) in [5, 5.41) is 0.618. The van der Waals surface area contributed by atoms with Crippen molar-refractivity contribution >= 4 is 23.1 Å². The third kappa shape index (κ3) is 3.58. The van der Waals surface area contributed by atoms with Crippen LogP contribution in [-0.4, -0.2) is 16.7 Å². The molecule has 0 bridgehead atoms. The van der Waals surface area contributed by atoms with Gasteiger partial charge in [0.05, 0.1) is 24.6 Å². The molecule has 1 heterocycles. The summed E-state index contributed by atoms with van der Waals surface area (Å²) in [6.45, 7) is 0.461. The second kappa shape index (κ2) is 7.92. The molecule has 0 saturated carbocycles. The lowest BCUT2D eigenvalue weighted by molar-refractivity contribution is 0.414. The predicted molar refractivity (Wildman–Crippen MR) is 113 cm³/mol. The molecule has 0 amide bonds. The largest absolute Gasteiger partial charge is 0.496 e. The second-order valence-corrected chi connectivity index (χ2v) is 6.44. The molecule has 0 fully saturated rings. The van der Waals surface area contributed by atoms with E-state index < -0.39 is 0 Å². The molecule has 4 heteroatoms. The normalized spacial score (nSPS) is 11.2. The Morgan fingerprint density at radius 3 is 2.43 bits per heavy atom. The number of para-hydroxylation sites is 2. The third-order valence-electron chi connectivity index (χ3n) is 4.63. The number of nitrogens with zero attached hydrogens (tertiary/aromatic N) is 2. The van der Waals surface area contributed by atoms with Gasteiger partial charge in [-0.15, -0.1) is 0 Å². The van der Waals surface area contributed by atoms with Crippen LogP contribution in [-0.2, 0) is 6.54 Å². The smallest absolute Gasteiger partial charge is 0.261 e. The van der Waals surface area contributed by atoms with Crippen LogP contribution in [0.4, 0.5) is 0 Å². The maximum atomic E-state index is 13.2. The highest BCUT2D eigenvalue weighted by Gasteiger charge is 2.10. The van der Waals surface area contributed by atoms with E-state index in [9.17, 15) is 4.79 Å². The first-order chi connectivity index (χ1) is 13.8. The Labute approximate surface area is 163 Å². The summed E-state index contributed by atoms with van der Waals surface area (Å²) in [7, 11) is 1.65. The van der Waals surface area contributed by atoms with Crippen molar-refractivity contribution in [1.29, 1.82) is 0 Å². The van der Waals surface area contributed by atoms with Crippen LogP contribution >= 0.6 is 0 Å². The minimum atomic E-state index is -0.0471. The standard InChI is InChI=1S/C24H20N2O2/c1-28-22-14-8-5-11-19(22)15-16-23-25-21-13-7-6-12-20(21)24(27)26(23)17-18-9-3-2-4-10-18/h2-16H,17H2,1H3/b16-15+. The third-order valence-corrected chi connectivity index (χ3v) is 4.63. The van der Waals surface area contributed by atoms with Crippen LogP contribution in [0.1, 0.15) is 17.0 Å². The number of ether oxygens (including phenoxy) is 1. The van der Waals surface area contributed by atoms with Crippen LogP contribution in [0, 0.1) is 0 Å². The molecule has 0 atom stereocenters. The van der Waals surface area contributed by atoms with E-state index in [0.29, 0.717) is 23.3 Å². The van der Waals surface area contributed by atoms with Crippen molar-refractivity contribution in [2.75, 3.05) is 7.11 Å². The monoisotopic (exact) mass is 368 g/mol. The van der Waals surface area contributed by atoms with Crippen LogP contribution in [0.5, 0.6) is 5.75 Å². The number of fused-ring (bicyclic) bond motifs is 1. The Kier molecular flexibility index (Phi) is 5.02. The van der Waals surface area contributed by atoms with E-state index in [1.165, 1.54) is 0 Å². The molecule has 1 aromatic heterocycles. The van der Waals surface area contributed by atoms with Crippen molar-refractivity contribution in [2.24, 2.45) is 0 Å². The quantitative estimate of drug-likeness (QED) is 0.516. The van der Waals surface area contributed by atoms with Crippen molar-refractivity contribution in [3.05, 3.63) is 106 Å². The van der Waals surface area contributed by atoms with Gasteiger partial charge in [-0.05, 0) is 35.9 Å². The molecule has 0 saturated heterocycles.